The summed E-state index contributed by atoms with van der Waals surface area (Å²) in [6, 6.07) is 7.48. The van der Waals surface area contributed by atoms with Gasteiger partial charge in [-0.25, -0.2) is 4.98 Å². The van der Waals surface area contributed by atoms with Crippen molar-refractivity contribution in [2.75, 3.05) is 13.1 Å². The molecule has 0 spiro atoms. The summed E-state index contributed by atoms with van der Waals surface area (Å²) in [6.45, 7) is 3.97. The van der Waals surface area contributed by atoms with Crippen molar-refractivity contribution in [3.8, 4) is 11.3 Å². The lowest BCUT2D eigenvalue weighted by Gasteiger charge is -2.36. The van der Waals surface area contributed by atoms with Gasteiger partial charge in [0, 0.05) is 17.1 Å². The molecule has 1 saturated heterocycles. The first-order chi connectivity index (χ1) is 12.6. The summed E-state index contributed by atoms with van der Waals surface area (Å²) in [5.74, 6) is 1.85. The Hall–Kier alpha value is -1.56. The quantitative estimate of drug-likeness (QED) is 0.796. The molecule has 2 N–H and O–H groups in total. The Morgan fingerprint density at radius 1 is 1.37 bits per heavy atom. The van der Waals surface area contributed by atoms with Crippen LogP contribution < -0.4 is 10.6 Å². The summed E-state index contributed by atoms with van der Waals surface area (Å²) >= 11 is 5.95. The zero-order chi connectivity index (χ0) is 18.1. The third kappa shape index (κ3) is 3.86. The molecule has 1 aromatic heterocycles. The van der Waals surface area contributed by atoms with E-state index in [0.717, 1.165) is 49.4 Å². The van der Waals surface area contributed by atoms with Crippen LogP contribution >= 0.6 is 24.0 Å². The molecule has 1 saturated carbocycles. The maximum absolute atomic E-state index is 12.9. The van der Waals surface area contributed by atoms with Crippen LogP contribution in [-0.2, 0) is 11.3 Å². The van der Waals surface area contributed by atoms with E-state index in [2.05, 4.69) is 15.6 Å². The Labute approximate surface area is 170 Å². The number of benzene rings is 1. The van der Waals surface area contributed by atoms with E-state index in [1.807, 2.05) is 31.2 Å². The van der Waals surface area contributed by atoms with E-state index < -0.39 is 0 Å². The summed E-state index contributed by atoms with van der Waals surface area (Å²) in [6.07, 6.45) is 4.46. The van der Waals surface area contributed by atoms with Crippen molar-refractivity contribution in [1.29, 1.82) is 0 Å². The van der Waals surface area contributed by atoms with Gasteiger partial charge in [-0.3, -0.25) is 4.79 Å². The number of halogens is 2. The lowest BCUT2D eigenvalue weighted by Crippen LogP contribution is -2.47. The van der Waals surface area contributed by atoms with Crippen LogP contribution in [0.25, 0.3) is 11.3 Å². The number of carbonyl (C=O) groups excluding carboxylic acids is 1. The van der Waals surface area contributed by atoms with Crippen molar-refractivity contribution in [2.24, 2.45) is 11.3 Å². The molecule has 2 heterocycles. The molecule has 7 heteroatoms. The van der Waals surface area contributed by atoms with Gasteiger partial charge < -0.3 is 15.1 Å². The molecule has 1 aromatic carbocycles. The molecule has 27 heavy (non-hydrogen) atoms. The second-order valence-corrected chi connectivity index (χ2v) is 7.88. The maximum atomic E-state index is 12.9. The Morgan fingerprint density at radius 3 is 2.93 bits per heavy atom. The van der Waals surface area contributed by atoms with Gasteiger partial charge >= 0.3 is 0 Å². The molecule has 5 nitrogen and oxygen atoms in total. The summed E-state index contributed by atoms with van der Waals surface area (Å²) < 4.78 is 5.90. The molecule has 0 radical (unpaired) electrons. The number of fused-ring (bicyclic) bond motifs is 1. The second kappa shape index (κ2) is 8.21. The van der Waals surface area contributed by atoms with Crippen LogP contribution in [0.15, 0.2) is 28.7 Å². The average Bonchev–Trinajstić information content (AvgIpc) is 3.24. The topological polar surface area (TPSA) is 67.2 Å². The Kier molecular flexibility index (Phi) is 6.14. The average molecular weight is 410 g/mol. The molecule has 1 aliphatic carbocycles. The van der Waals surface area contributed by atoms with Gasteiger partial charge in [-0.15, -0.1) is 12.4 Å². The number of carbonyl (C=O) groups is 1. The Morgan fingerprint density at radius 2 is 2.15 bits per heavy atom. The van der Waals surface area contributed by atoms with Gasteiger partial charge in [0.15, 0.2) is 5.76 Å². The van der Waals surface area contributed by atoms with E-state index >= 15 is 0 Å². The van der Waals surface area contributed by atoms with Gasteiger partial charge in [-0.2, -0.15) is 0 Å². The fraction of sp³-hybridized carbons (Fsp3) is 0.500. The highest BCUT2D eigenvalue weighted by Crippen LogP contribution is 2.43. The number of aromatic nitrogens is 1. The largest absolute Gasteiger partial charge is 0.438 e. The van der Waals surface area contributed by atoms with E-state index in [9.17, 15) is 4.79 Å². The van der Waals surface area contributed by atoms with Crippen molar-refractivity contribution < 1.29 is 9.21 Å². The van der Waals surface area contributed by atoms with Crippen LogP contribution in [0.2, 0.25) is 5.02 Å². The Bertz CT molecular complexity index is 806. The minimum Gasteiger partial charge on any atom is -0.438 e. The second-order valence-electron chi connectivity index (χ2n) is 7.44. The maximum Gasteiger partial charge on any atom is 0.228 e. The van der Waals surface area contributed by atoms with Crippen LogP contribution in [0.1, 0.15) is 37.3 Å². The molecule has 2 atom stereocenters. The number of hydrogen-bond donors (Lipinski definition) is 2. The lowest BCUT2D eigenvalue weighted by molar-refractivity contribution is -0.134. The van der Waals surface area contributed by atoms with Crippen molar-refractivity contribution in [3.63, 3.8) is 0 Å². The first kappa shape index (κ1) is 20.2. The minimum atomic E-state index is -0.251. The van der Waals surface area contributed by atoms with E-state index in [-0.39, 0.29) is 23.7 Å². The summed E-state index contributed by atoms with van der Waals surface area (Å²) in [7, 11) is 0. The number of amides is 1. The third-order valence-electron chi connectivity index (χ3n) is 5.84. The zero-order valence-electron chi connectivity index (χ0n) is 15.4. The van der Waals surface area contributed by atoms with E-state index in [0.29, 0.717) is 23.4 Å². The van der Waals surface area contributed by atoms with Crippen molar-refractivity contribution in [1.82, 2.24) is 15.6 Å². The molecule has 2 fully saturated rings. The predicted molar refractivity (Wildman–Crippen MR) is 108 cm³/mol. The molecule has 4 rings (SSSR count). The van der Waals surface area contributed by atoms with Gasteiger partial charge in [0.05, 0.1) is 17.7 Å². The van der Waals surface area contributed by atoms with Crippen LogP contribution in [-0.4, -0.2) is 24.0 Å². The first-order valence-corrected chi connectivity index (χ1v) is 9.67. The van der Waals surface area contributed by atoms with E-state index in [1.165, 1.54) is 6.42 Å². The van der Waals surface area contributed by atoms with Crippen LogP contribution in [0.3, 0.4) is 0 Å². The van der Waals surface area contributed by atoms with Gasteiger partial charge in [-0.1, -0.05) is 24.4 Å². The number of rotatable bonds is 4. The molecule has 146 valence electrons. The highest BCUT2D eigenvalue weighted by molar-refractivity contribution is 6.30. The van der Waals surface area contributed by atoms with Crippen molar-refractivity contribution >= 4 is 29.9 Å². The van der Waals surface area contributed by atoms with Crippen LogP contribution in [0.4, 0.5) is 0 Å². The smallest absolute Gasteiger partial charge is 0.228 e. The molecule has 0 unspecified atom stereocenters. The lowest BCUT2D eigenvalue weighted by atomic mass is 9.67. The SMILES string of the molecule is Cc1nc(CNC(=O)[C@@]23CCCC[C@H]2CNC3)oc1-c1ccc(Cl)cc1.Cl. The van der Waals surface area contributed by atoms with Crippen molar-refractivity contribution in [2.45, 2.75) is 39.2 Å². The molecular weight excluding hydrogens is 385 g/mol. The first-order valence-electron chi connectivity index (χ1n) is 9.30. The van der Waals surface area contributed by atoms with Gasteiger partial charge in [0.2, 0.25) is 11.8 Å². The van der Waals surface area contributed by atoms with Crippen molar-refractivity contribution in [3.05, 3.63) is 40.9 Å². The molecule has 1 amide bonds. The number of oxazole rings is 1. The standard InChI is InChI=1S/C20H24ClN3O2.ClH/c1-13-18(14-5-7-16(21)8-6-14)26-17(24-13)11-23-19(25)20-9-3-2-4-15(20)10-22-12-20;/h5-8,15,22H,2-4,9-12H2,1H3,(H,23,25);1H/t15-,20+;/m0./s1. The molecule has 2 aromatic rings. The number of nitrogens with zero attached hydrogens (tertiary/aromatic N) is 1. The molecule has 0 bridgehead atoms. The van der Waals surface area contributed by atoms with E-state index in [1.54, 1.807) is 0 Å². The normalized spacial score (nSPS) is 24.1. The molecule has 2 aliphatic rings. The summed E-state index contributed by atoms with van der Waals surface area (Å²) in [5, 5.41) is 7.17. The van der Waals surface area contributed by atoms with E-state index in [4.69, 9.17) is 16.0 Å². The van der Waals surface area contributed by atoms with Gasteiger partial charge in [0.1, 0.15) is 0 Å². The highest BCUT2D eigenvalue weighted by atomic mass is 35.5. The highest BCUT2D eigenvalue weighted by Gasteiger charge is 2.49. The van der Waals surface area contributed by atoms with Gasteiger partial charge in [0.25, 0.3) is 0 Å². The zero-order valence-corrected chi connectivity index (χ0v) is 17.0. The number of nitrogens with one attached hydrogen (secondary N) is 2. The third-order valence-corrected chi connectivity index (χ3v) is 6.09. The summed E-state index contributed by atoms with van der Waals surface area (Å²) in [4.78, 5) is 17.4. The fourth-order valence-electron chi connectivity index (χ4n) is 4.42. The monoisotopic (exact) mass is 409 g/mol. The number of hydrogen-bond acceptors (Lipinski definition) is 4. The minimum absolute atomic E-state index is 0. The fourth-order valence-corrected chi connectivity index (χ4v) is 4.55. The summed E-state index contributed by atoms with van der Waals surface area (Å²) in [5.41, 5.74) is 1.49. The molecule has 1 aliphatic heterocycles. The van der Waals surface area contributed by atoms with Gasteiger partial charge in [-0.05, 0) is 56.5 Å². The Balaban J connectivity index is 0.00000210. The van der Waals surface area contributed by atoms with Crippen LogP contribution in [0.5, 0.6) is 0 Å². The van der Waals surface area contributed by atoms with Crippen LogP contribution in [0, 0.1) is 18.3 Å². The number of aryl methyl sites for hydroxylation is 1. The predicted octanol–water partition coefficient (Wildman–Crippen LogP) is 4.12. The molecular formula is C20H25Cl2N3O2.